The van der Waals surface area contributed by atoms with Crippen LogP contribution in [0.2, 0.25) is 0 Å². The number of thiol groups is 1. The maximum absolute atomic E-state index is 13.7. The van der Waals surface area contributed by atoms with E-state index >= 15 is 0 Å². The lowest BCUT2D eigenvalue weighted by Crippen LogP contribution is -2.38. The van der Waals surface area contributed by atoms with E-state index in [1.165, 1.54) is 5.56 Å². The first-order valence-electron chi connectivity index (χ1n) is 13.3. The summed E-state index contributed by atoms with van der Waals surface area (Å²) in [5, 5.41) is 17.3. The van der Waals surface area contributed by atoms with Crippen molar-refractivity contribution < 1.29 is 14.6 Å². The Morgan fingerprint density at radius 3 is 2.58 bits per heavy atom. The molecule has 0 aliphatic heterocycles. The van der Waals surface area contributed by atoms with E-state index in [1.54, 1.807) is 19.2 Å². The second-order valence-corrected chi connectivity index (χ2v) is 10.3. The van der Waals surface area contributed by atoms with Crippen LogP contribution in [0.5, 0.6) is 11.5 Å². The third-order valence-electron chi connectivity index (χ3n) is 7.03. The van der Waals surface area contributed by atoms with Crippen molar-refractivity contribution in [2.24, 2.45) is 0 Å². The van der Waals surface area contributed by atoms with E-state index in [0.29, 0.717) is 18.7 Å². The van der Waals surface area contributed by atoms with Gasteiger partial charge in [-0.2, -0.15) is 0 Å². The third-order valence-corrected chi connectivity index (χ3v) is 7.42. The van der Waals surface area contributed by atoms with Crippen molar-refractivity contribution in [3.05, 3.63) is 114 Å². The highest BCUT2D eigenvalue weighted by atomic mass is 32.1. The molecule has 1 heterocycles. The van der Waals surface area contributed by atoms with E-state index in [4.69, 9.17) is 4.74 Å². The number of hydrogen-bond acceptors (Lipinski definition) is 5. The number of nitrogens with one attached hydrogen (secondary N) is 3. The summed E-state index contributed by atoms with van der Waals surface area (Å²) in [6.07, 6.45) is 3.33. The van der Waals surface area contributed by atoms with Crippen LogP contribution in [0.15, 0.2) is 102 Å². The molecule has 204 valence electrons. The molecule has 0 aliphatic carbocycles. The third kappa shape index (κ3) is 6.50. The molecule has 5 aromatic rings. The summed E-state index contributed by atoms with van der Waals surface area (Å²) in [5.74, 6) is 0.894. The van der Waals surface area contributed by atoms with Gasteiger partial charge in [-0.25, -0.2) is 0 Å². The Kier molecular flexibility index (Phi) is 8.74. The number of phenolic OH excluding ortho intramolecular Hbond substituents is 1. The number of phenols is 1. The molecular formula is C33H33N3O3S. The number of aromatic nitrogens is 1. The molecule has 1 unspecified atom stereocenters. The quantitative estimate of drug-likeness (QED) is 0.0977. The molecule has 0 fully saturated rings. The molecule has 6 nitrogen and oxygen atoms in total. The molecule has 1 atom stereocenters. The van der Waals surface area contributed by atoms with Crippen LogP contribution in [-0.2, 0) is 13.0 Å². The van der Waals surface area contributed by atoms with E-state index in [1.807, 2.05) is 72.9 Å². The van der Waals surface area contributed by atoms with Crippen molar-refractivity contribution in [3.63, 3.8) is 0 Å². The van der Waals surface area contributed by atoms with Crippen molar-refractivity contribution in [1.29, 1.82) is 0 Å². The highest BCUT2D eigenvalue weighted by Crippen LogP contribution is 2.35. The second kappa shape index (κ2) is 12.8. The molecule has 0 saturated heterocycles. The molecule has 5 rings (SSSR count). The van der Waals surface area contributed by atoms with Crippen LogP contribution in [0.4, 0.5) is 0 Å². The Hall–Kier alpha value is -4.20. The van der Waals surface area contributed by atoms with Crippen LogP contribution >= 0.6 is 12.6 Å². The van der Waals surface area contributed by atoms with Gasteiger partial charge in [-0.05, 0) is 73.0 Å². The number of ether oxygens (including phenoxy) is 1. The lowest BCUT2D eigenvalue weighted by Gasteiger charge is -2.20. The number of hydrogen-bond donors (Lipinski definition) is 5. The highest BCUT2D eigenvalue weighted by Gasteiger charge is 2.19. The van der Waals surface area contributed by atoms with Crippen molar-refractivity contribution in [2.75, 3.05) is 13.7 Å². The molecule has 4 N–H and O–H groups in total. The summed E-state index contributed by atoms with van der Waals surface area (Å²) in [6, 6.07) is 28.9. The summed E-state index contributed by atoms with van der Waals surface area (Å²) in [7, 11) is 1.64. The Balaban J connectivity index is 1.34. The van der Waals surface area contributed by atoms with Gasteiger partial charge in [0.25, 0.3) is 5.91 Å². The predicted octanol–water partition coefficient (Wildman–Crippen LogP) is 6.36. The van der Waals surface area contributed by atoms with Gasteiger partial charge in [0.15, 0.2) is 0 Å². The van der Waals surface area contributed by atoms with Crippen LogP contribution in [0.3, 0.4) is 0 Å². The average Bonchev–Trinajstić information content (AvgIpc) is 3.46. The molecule has 0 saturated carbocycles. The molecular weight excluding hydrogens is 518 g/mol. The lowest BCUT2D eigenvalue weighted by molar-refractivity contribution is 0.0936. The van der Waals surface area contributed by atoms with Gasteiger partial charge in [0.05, 0.1) is 12.6 Å². The molecule has 7 heteroatoms. The molecule has 1 aromatic heterocycles. The first kappa shape index (κ1) is 27.4. The smallest absolute Gasteiger partial charge is 0.252 e. The molecule has 40 heavy (non-hydrogen) atoms. The summed E-state index contributed by atoms with van der Waals surface area (Å²) >= 11 is 4.66. The van der Waals surface area contributed by atoms with Gasteiger partial charge in [0.1, 0.15) is 11.5 Å². The van der Waals surface area contributed by atoms with Crippen LogP contribution < -0.4 is 15.4 Å². The summed E-state index contributed by atoms with van der Waals surface area (Å²) in [5.41, 5.74) is 5.57. The Morgan fingerprint density at radius 2 is 1.77 bits per heavy atom. The number of amides is 1. The minimum Gasteiger partial charge on any atom is -0.508 e. The van der Waals surface area contributed by atoms with Crippen LogP contribution in [0.25, 0.3) is 22.0 Å². The second-order valence-electron chi connectivity index (χ2n) is 9.81. The van der Waals surface area contributed by atoms with Gasteiger partial charge in [0.2, 0.25) is 0 Å². The van der Waals surface area contributed by atoms with Crippen molar-refractivity contribution in [2.45, 2.75) is 30.3 Å². The maximum Gasteiger partial charge on any atom is 0.252 e. The van der Waals surface area contributed by atoms with Crippen molar-refractivity contribution in [1.82, 2.24) is 15.6 Å². The van der Waals surface area contributed by atoms with Crippen molar-refractivity contribution >= 4 is 29.4 Å². The Bertz CT molecular complexity index is 1600. The lowest BCUT2D eigenvalue weighted by atomic mass is 9.98. The van der Waals surface area contributed by atoms with E-state index in [9.17, 15) is 9.90 Å². The SMILES string of the molecule is COc1ccc(S)c(-c2ccc(C(=O)NC(CCNCc3cccc(O)c3)Cc3ccccc3)c3cc[nH]c23)c1. The summed E-state index contributed by atoms with van der Waals surface area (Å²) in [6.45, 7) is 1.36. The highest BCUT2D eigenvalue weighted by molar-refractivity contribution is 7.80. The number of fused-ring (bicyclic) bond motifs is 1. The monoisotopic (exact) mass is 551 g/mol. The minimum absolute atomic E-state index is 0.0670. The average molecular weight is 552 g/mol. The van der Waals surface area contributed by atoms with Crippen LogP contribution in [-0.4, -0.2) is 35.7 Å². The summed E-state index contributed by atoms with van der Waals surface area (Å²) in [4.78, 5) is 17.8. The number of methoxy groups -OCH3 is 1. The topological polar surface area (TPSA) is 86.4 Å². The van der Waals surface area contributed by atoms with E-state index in [0.717, 1.165) is 51.1 Å². The fourth-order valence-electron chi connectivity index (χ4n) is 5.00. The van der Waals surface area contributed by atoms with Gasteiger partial charge >= 0.3 is 0 Å². The zero-order valence-electron chi connectivity index (χ0n) is 22.4. The van der Waals surface area contributed by atoms with E-state index in [-0.39, 0.29) is 17.7 Å². The fourth-order valence-corrected chi connectivity index (χ4v) is 5.26. The maximum atomic E-state index is 13.7. The van der Waals surface area contributed by atoms with Gasteiger partial charge in [0, 0.05) is 45.8 Å². The molecule has 0 aliphatic rings. The first-order chi connectivity index (χ1) is 19.5. The number of rotatable bonds is 11. The van der Waals surface area contributed by atoms with Crippen LogP contribution in [0.1, 0.15) is 27.9 Å². The number of benzene rings is 4. The Morgan fingerprint density at radius 1 is 0.950 bits per heavy atom. The molecule has 1 amide bonds. The standard InChI is InChI=1S/C33H33N3O3S/c1-39-26-10-13-31(40)30(20-26)27-11-12-29(28-15-17-35-32(27)28)33(38)36-24(18-22-6-3-2-4-7-22)14-16-34-21-23-8-5-9-25(37)19-23/h2-13,15,17,19-20,24,34-35,37,40H,14,16,18,21H2,1H3,(H,36,38). The number of H-pyrrole nitrogens is 1. The van der Waals surface area contributed by atoms with E-state index in [2.05, 4.69) is 40.4 Å². The normalized spacial score (nSPS) is 11.8. The van der Waals surface area contributed by atoms with Gasteiger partial charge in [-0.1, -0.05) is 48.5 Å². The largest absolute Gasteiger partial charge is 0.508 e. The predicted molar refractivity (Wildman–Crippen MR) is 163 cm³/mol. The number of aromatic hydroxyl groups is 1. The zero-order valence-corrected chi connectivity index (χ0v) is 23.2. The fraction of sp³-hybridized carbons (Fsp3) is 0.182. The molecule has 0 spiro atoms. The summed E-state index contributed by atoms with van der Waals surface area (Å²) < 4.78 is 5.43. The van der Waals surface area contributed by atoms with Crippen molar-refractivity contribution in [3.8, 4) is 22.6 Å². The van der Waals surface area contributed by atoms with Crippen LogP contribution in [0, 0.1) is 0 Å². The number of aromatic amines is 1. The zero-order chi connectivity index (χ0) is 27.9. The van der Waals surface area contributed by atoms with Gasteiger partial charge < -0.3 is 25.5 Å². The number of carbonyl (C=O) groups excluding carboxylic acids is 1. The van der Waals surface area contributed by atoms with E-state index < -0.39 is 0 Å². The first-order valence-corrected chi connectivity index (χ1v) is 13.8. The number of carbonyl (C=O) groups is 1. The minimum atomic E-state index is -0.109. The van der Waals surface area contributed by atoms with Gasteiger partial charge in [-0.15, -0.1) is 12.6 Å². The van der Waals surface area contributed by atoms with Gasteiger partial charge in [-0.3, -0.25) is 4.79 Å². The molecule has 4 aromatic carbocycles. The molecule has 0 radical (unpaired) electrons. The molecule has 0 bridgehead atoms. The Labute approximate surface area is 239 Å².